The standard InChI is InChI=1S/C11H14N4O2/c1-11(2,13)7-14-10-4-3-9(15(16)17)5-8(10)6-12/h3-5,14H,7,13H2,1-2H3. The Labute approximate surface area is 99.2 Å². The normalized spacial score (nSPS) is 10.7. The average molecular weight is 234 g/mol. The van der Waals surface area contributed by atoms with Gasteiger partial charge in [-0.2, -0.15) is 5.26 Å². The molecular formula is C11H14N4O2. The van der Waals surface area contributed by atoms with Gasteiger partial charge >= 0.3 is 0 Å². The van der Waals surface area contributed by atoms with Crippen molar-refractivity contribution in [1.29, 1.82) is 5.26 Å². The summed E-state index contributed by atoms with van der Waals surface area (Å²) >= 11 is 0. The van der Waals surface area contributed by atoms with Crippen molar-refractivity contribution in [1.82, 2.24) is 0 Å². The molecule has 6 heteroatoms. The van der Waals surface area contributed by atoms with Crippen molar-refractivity contribution in [2.75, 3.05) is 11.9 Å². The molecule has 1 aromatic carbocycles. The van der Waals surface area contributed by atoms with Gasteiger partial charge in [-0.25, -0.2) is 0 Å². The topological polar surface area (TPSA) is 105 Å². The molecule has 90 valence electrons. The largest absolute Gasteiger partial charge is 0.382 e. The first-order valence-corrected chi connectivity index (χ1v) is 5.05. The molecule has 0 fully saturated rings. The molecule has 0 aromatic heterocycles. The number of benzene rings is 1. The van der Waals surface area contributed by atoms with Gasteiger partial charge in [0.15, 0.2) is 0 Å². The lowest BCUT2D eigenvalue weighted by Gasteiger charge is -2.20. The first-order chi connectivity index (χ1) is 7.83. The molecule has 0 aliphatic rings. The number of nitriles is 1. The third-order valence-corrected chi connectivity index (χ3v) is 2.07. The zero-order valence-corrected chi connectivity index (χ0v) is 9.73. The molecular weight excluding hydrogens is 220 g/mol. The zero-order chi connectivity index (χ0) is 13.1. The van der Waals surface area contributed by atoms with Crippen molar-refractivity contribution in [3.8, 4) is 6.07 Å². The number of nitro benzene ring substituents is 1. The molecule has 0 aliphatic carbocycles. The Kier molecular flexibility index (Phi) is 3.66. The zero-order valence-electron chi connectivity index (χ0n) is 9.73. The van der Waals surface area contributed by atoms with Crippen LogP contribution in [0.4, 0.5) is 11.4 Å². The summed E-state index contributed by atoms with van der Waals surface area (Å²) in [5.41, 5.74) is 6.07. The third-order valence-electron chi connectivity index (χ3n) is 2.07. The van der Waals surface area contributed by atoms with E-state index >= 15 is 0 Å². The molecule has 0 saturated carbocycles. The summed E-state index contributed by atoms with van der Waals surface area (Å²) in [5.74, 6) is 0. The number of rotatable bonds is 4. The second-order valence-corrected chi connectivity index (χ2v) is 4.44. The summed E-state index contributed by atoms with van der Waals surface area (Å²) in [6, 6.07) is 6.03. The Morgan fingerprint density at radius 3 is 2.71 bits per heavy atom. The lowest BCUT2D eigenvalue weighted by molar-refractivity contribution is -0.384. The lowest BCUT2D eigenvalue weighted by Crippen LogP contribution is -2.39. The van der Waals surface area contributed by atoms with Gasteiger partial charge < -0.3 is 11.1 Å². The Morgan fingerprint density at radius 2 is 2.24 bits per heavy atom. The summed E-state index contributed by atoms with van der Waals surface area (Å²) in [4.78, 5) is 10.0. The van der Waals surface area contributed by atoms with Gasteiger partial charge in [-0.05, 0) is 19.9 Å². The van der Waals surface area contributed by atoms with Crippen LogP contribution in [0, 0.1) is 21.4 Å². The van der Waals surface area contributed by atoms with Crippen molar-refractivity contribution in [2.45, 2.75) is 19.4 Å². The Morgan fingerprint density at radius 1 is 1.59 bits per heavy atom. The van der Waals surface area contributed by atoms with E-state index in [-0.39, 0.29) is 11.3 Å². The second kappa shape index (κ2) is 4.80. The number of hydrogen-bond acceptors (Lipinski definition) is 5. The van der Waals surface area contributed by atoms with E-state index in [1.807, 2.05) is 19.9 Å². The number of nitrogens with two attached hydrogens (primary N) is 1. The van der Waals surface area contributed by atoms with E-state index in [1.54, 1.807) is 0 Å². The van der Waals surface area contributed by atoms with E-state index in [2.05, 4.69) is 5.32 Å². The first kappa shape index (κ1) is 12.9. The number of non-ortho nitro benzene ring substituents is 1. The van der Waals surface area contributed by atoms with Gasteiger partial charge in [0, 0.05) is 24.2 Å². The maximum Gasteiger partial charge on any atom is 0.270 e. The molecule has 0 aliphatic heterocycles. The summed E-state index contributed by atoms with van der Waals surface area (Å²) in [5, 5.41) is 22.5. The average Bonchev–Trinajstić information content (AvgIpc) is 2.24. The molecule has 6 nitrogen and oxygen atoms in total. The fourth-order valence-electron chi connectivity index (χ4n) is 1.22. The van der Waals surface area contributed by atoms with E-state index in [1.165, 1.54) is 18.2 Å². The van der Waals surface area contributed by atoms with Gasteiger partial charge in [0.25, 0.3) is 5.69 Å². The SMILES string of the molecule is CC(C)(N)CNc1ccc([N+](=O)[O-])cc1C#N. The van der Waals surface area contributed by atoms with Crippen molar-refractivity contribution in [3.05, 3.63) is 33.9 Å². The first-order valence-electron chi connectivity index (χ1n) is 5.05. The van der Waals surface area contributed by atoms with Crippen LogP contribution in [0.2, 0.25) is 0 Å². The maximum atomic E-state index is 10.6. The van der Waals surface area contributed by atoms with Gasteiger partial charge in [0.05, 0.1) is 16.2 Å². The summed E-state index contributed by atoms with van der Waals surface area (Å²) in [6.45, 7) is 4.16. The van der Waals surface area contributed by atoms with E-state index in [0.717, 1.165) is 0 Å². The van der Waals surface area contributed by atoms with Gasteiger partial charge in [-0.15, -0.1) is 0 Å². The van der Waals surface area contributed by atoms with Gasteiger partial charge in [0.2, 0.25) is 0 Å². The molecule has 0 atom stereocenters. The number of nitro groups is 1. The van der Waals surface area contributed by atoms with Crippen LogP contribution in [0.1, 0.15) is 19.4 Å². The molecule has 0 saturated heterocycles. The molecule has 0 heterocycles. The highest BCUT2D eigenvalue weighted by atomic mass is 16.6. The minimum atomic E-state index is -0.530. The van der Waals surface area contributed by atoms with Crippen molar-refractivity contribution < 1.29 is 4.92 Å². The molecule has 0 spiro atoms. The number of hydrogen-bond donors (Lipinski definition) is 2. The number of nitrogens with zero attached hydrogens (tertiary/aromatic N) is 2. The van der Waals surface area contributed by atoms with Crippen LogP contribution >= 0.6 is 0 Å². The predicted octanol–water partition coefficient (Wildman–Crippen LogP) is 1.62. The molecule has 1 rings (SSSR count). The maximum absolute atomic E-state index is 10.6. The van der Waals surface area contributed by atoms with E-state index in [0.29, 0.717) is 12.2 Å². The highest BCUT2D eigenvalue weighted by Crippen LogP contribution is 2.21. The van der Waals surface area contributed by atoms with Crippen LogP contribution < -0.4 is 11.1 Å². The second-order valence-electron chi connectivity index (χ2n) is 4.44. The summed E-state index contributed by atoms with van der Waals surface area (Å²) in [7, 11) is 0. The van der Waals surface area contributed by atoms with Crippen molar-refractivity contribution in [2.24, 2.45) is 5.73 Å². The van der Waals surface area contributed by atoms with E-state index in [9.17, 15) is 10.1 Å². The van der Waals surface area contributed by atoms with Crippen LogP contribution in [-0.2, 0) is 0 Å². The molecule has 17 heavy (non-hydrogen) atoms. The minimum Gasteiger partial charge on any atom is -0.382 e. The van der Waals surface area contributed by atoms with Gasteiger partial charge in [-0.3, -0.25) is 10.1 Å². The molecule has 0 radical (unpaired) electrons. The molecule has 3 N–H and O–H groups in total. The minimum absolute atomic E-state index is 0.0980. The fraction of sp³-hybridized carbons (Fsp3) is 0.364. The van der Waals surface area contributed by atoms with E-state index < -0.39 is 10.5 Å². The Bertz CT molecular complexity index is 471. The lowest BCUT2D eigenvalue weighted by atomic mass is 10.1. The van der Waals surface area contributed by atoms with Crippen LogP contribution in [0.25, 0.3) is 0 Å². The quantitative estimate of drug-likeness (QED) is 0.608. The van der Waals surface area contributed by atoms with Crippen LogP contribution in [-0.4, -0.2) is 17.0 Å². The Balaban J connectivity index is 2.95. The van der Waals surface area contributed by atoms with Gasteiger partial charge in [-0.1, -0.05) is 0 Å². The molecule has 0 unspecified atom stereocenters. The van der Waals surface area contributed by atoms with Crippen molar-refractivity contribution >= 4 is 11.4 Å². The Hall–Kier alpha value is -2.13. The van der Waals surface area contributed by atoms with Crippen LogP contribution in [0.5, 0.6) is 0 Å². The number of nitrogens with one attached hydrogen (secondary N) is 1. The van der Waals surface area contributed by atoms with Gasteiger partial charge in [0.1, 0.15) is 6.07 Å². The van der Waals surface area contributed by atoms with Crippen LogP contribution in [0.3, 0.4) is 0 Å². The highest BCUT2D eigenvalue weighted by molar-refractivity contribution is 5.61. The highest BCUT2D eigenvalue weighted by Gasteiger charge is 2.14. The molecule has 1 aromatic rings. The summed E-state index contributed by atoms with van der Waals surface area (Å²) in [6.07, 6.45) is 0. The van der Waals surface area contributed by atoms with E-state index in [4.69, 9.17) is 11.0 Å². The monoisotopic (exact) mass is 234 g/mol. The predicted molar refractivity (Wildman–Crippen MR) is 64.6 cm³/mol. The van der Waals surface area contributed by atoms with Crippen LogP contribution in [0.15, 0.2) is 18.2 Å². The number of anilines is 1. The molecule has 0 bridgehead atoms. The van der Waals surface area contributed by atoms with Crippen molar-refractivity contribution in [3.63, 3.8) is 0 Å². The smallest absolute Gasteiger partial charge is 0.270 e. The molecule has 0 amide bonds. The third kappa shape index (κ3) is 3.74. The summed E-state index contributed by atoms with van der Waals surface area (Å²) < 4.78 is 0. The fourth-order valence-corrected chi connectivity index (χ4v) is 1.22.